The van der Waals surface area contributed by atoms with Gasteiger partial charge in [-0.25, -0.2) is 0 Å². The van der Waals surface area contributed by atoms with Crippen LogP contribution in [0.4, 0.5) is 0 Å². The van der Waals surface area contributed by atoms with Crippen molar-refractivity contribution in [2.75, 3.05) is 20.7 Å². The van der Waals surface area contributed by atoms with Crippen molar-refractivity contribution < 1.29 is 9.53 Å². The quantitative estimate of drug-likeness (QED) is 0.595. The highest BCUT2D eigenvalue weighted by Crippen LogP contribution is 2.34. The Kier molecular flexibility index (Phi) is 7.03. The number of rotatable bonds is 6. The van der Waals surface area contributed by atoms with Gasteiger partial charge in [-0.1, -0.05) is 24.3 Å². The Hall–Kier alpha value is -1.06. The molecule has 0 aromatic heterocycles. The third-order valence-corrected chi connectivity index (χ3v) is 4.00. The normalized spacial score (nSPS) is 16.6. The molecule has 1 aromatic carbocycles. The van der Waals surface area contributed by atoms with Crippen LogP contribution in [0.25, 0.3) is 0 Å². The largest absolute Gasteiger partial charge is 0.469 e. The second-order valence-corrected chi connectivity index (χ2v) is 5.27. The molecule has 0 bridgehead atoms. The van der Waals surface area contributed by atoms with Crippen LogP contribution in [0.15, 0.2) is 24.3 Å². The number of benzene rings is 1. The van der Waals surface area contributed by atoms with Gasteiger partial charge in [0.2, 0.25) is 0 Å². The summed E-state index contributed by atoms with van der Waals surface area (Å²) in [5.74, 6) is -0.103. The molecule has 3 nitrogen and oxygen atoms in total. The number of hydrogen-bond donors (Lipinski definition) is 0. The molecule has 1 aliphatic rings. The van der Waals surface area contributed by atoms with Gasteiger partial charge in [0.1, 0.15) is 0 Å². The molecule has 0 saturated heterocycles. The van der Waals surface area contributed by atoms with E-state index >= 15 is 0 Å². The van der Waals surface area contributed by atoms with Crippen molar-refractivity contribution in [3.8, 4) is 0 Å². The smallest absolute Gasteiger partial charge is 0.305 e. The molecule has 0 fully saturated rings. The van der Waals surface area contributed by atoms with Crippen molar-refractivity contribution in [1.29, 1.82) is 0 Å². The zero-order valence-corrected chi connectivity index (χ0v) is 13.1. The number of fused-ring (bicyclic) bond motifs is 1. The molecular formula is C16H24ClNO2. The van der Waals surface area contributed by atoms with Crippen LogP contribution in [0.5, 0.6) is 0 Å². The van der Waals surface area contributed by atoms with Gasteiger partial charge in [0.05, 0.1) is 7.11 Å². The number of carbonyl (C=O) groups excluding carboxylic acids is 1. The molecule has 1 unspecified atom stereocenters. The SMILES string of the molecule is COC(=O)CCCCN(C)C1CCc2ccccc21.Cl. The Morgan fingerprint density at radius 1 is 1.35 bits per heavy atom. The number of halogens is 1. The summed E-state index contributed by atoms with van der Waals surface area (Å²) in [5.41, 5.74) is 2.98. The fraction of sp³-hybridized carbons (Fsp3) is 0.562. The van der Waals surface area contributed by atoms with Crippen LogP contribution in [-0.4, -0.2) is 31.6 Å². The molecular weight excluding hydrogens is 274 g/mol. The molecule has 0 amide bonds. The molecule has 0 heterocycles. The van der Waals surface area contributed by atoms with Gasteiger partial charge in [0.15, 0.2) is 0 Å². The van der Waals surface area contributed by atoms with E-state index in [1.807, 2.05) is 0 Å². The van der Waals surface area contributed by atoms with E-state index in [1.165, 1.54) is 31.1 Å². The lowest BCUT2D eigenvalue weighted by Gasteiger charge is -2.25. The van der Waals surface area contributed by atoms with Crippen LogP contribution in [0.3, 0.4) is 0 Å². The summed E-state index contributed by atoms with van der Waals surface area (Å²) in [6.45, 7) is 1.04. The molecule has 1 atom stereocenters. The van der Waals surface area contributed by atoms with Crippen LogP contribution in [-0.2, 0) is 16.0 Å². The Morgan fingerprint density at radius 3 is 2.85 bits per heavy atom. The monoisotopic (exact) mass is 297 g/mol. The van der Waals surface area contributed by atoms with E-state index in [2.05, 4.69) is 40.9 Å². The lowest BCUT2D eigenvalue weighted by atomic mass is 10.1. The molecule has 0 spiro atoms. The van der Waals surface area contributed by atoms with Gasteiger partial charge in [-0.3, -0.25) is 9.69 Å². The van der Waals surface area contributed by atoms with Crippen molar-refractivity contribution >= 4 is 18.4 Å². The van der Waals surface area contributed by atoms with Crippen LogP contribution in [0.2, 0.25) is 0 Å². The number of unbranched alkanes of at least 4 members (excludes halogenated alkanes) is 1. The van der Waals surface area contributed by atoms with Crippen molar-refractivity contribution in [3.05, 3.63) is 35.4 Å². The average molecular weight is 298 g/mol. The van der Waals surface area contributed by atoms with E-state index in [0.717, 1.165) is 19.4 Å². The lowest BCUT2D eigenvalue weighted by Crippen LogP contribution is -2.24. The van der Waals surface area contributed by atoms with Gasteiger partial charge in [0, 0.05) is 12.5 Å². The van der Waals surface area contributed by atoms with E-state index in [-0.39, 0.29) is 18.4 Å². The van der Waals surface area contributed by atoms with E-state index in [1.54, 1.807) is 0 Å². The second-order valence-electron chi connectivity index (χ2n) is 5.27. The highest BCUT2D eigenvalue weighted by molar-refractivity contribution is 5.85. The number of esters is 1. The predicted molar refractivity (Wildman–Crippen MR) is 83.2 cm³/mol. The third kappa shape index (κ3) is 4.22. The number of ether oxygens (including phenoxy) is 1. The third-order valence-electron chi connectivity index (χ3n) is 4.00. The van der Waals surface area contributed by atoms with Crippen molar-refractivity contribution in [3.63, 3.8) is 0 Å². The first-order valence-corrected chi connectivity index (χ1v) is 7.07. The molecule has 0 radical (unpaired) electrons. The maximum absolute atomic E-state index is 11.0. The van der Waals surface area contributed by atoms with Gasteiger partial charge >= 0.3 is 5.97 Å². The summed E-state index contributed by atoms with van der Waals surface area (Å²) < 4.78 is 4.65. The number of aryl methyl sites for hydroxylation is 1. The standard InChI is InChI=1S/C16H23NO2.ClH/c1-17(12-6-5-9-16(18)19-2)15-11-10-13-7-3-4-8-14(13)15;/h3-4,7-8,15H,5-6,9-12H2,1-2H3;1H. The first-order valence-electron chi connectivity index (χ1n) is 7.07. The fourth-order valence-corrected chi connectivity index (χ4v) is 2.88. The highest BCUT2D eigenvalue weighted by atomic mass is 35.5. The first kappa shape index (κ1) is 17.0. The zero-order chi connectivity index (χ0) is 13.7. The van der Waals surface area contributed by atoms with E-state index < -0.39 is 0 Å². The van der Waals surface area contributed by atoms with Crippen LogP contribution >= 0.6 is 12.4 Å². The van der Waals surface area contributed by atoms with E-state index in [9.17, 15) is 4.79 Å². The molecule has 4 heteroatoms. The molecule has 0 aliphatic heterocycles. The predicted octanol–water partition coefficient (Wildman–Crippen LogP) is 3.37. The molecule has 1 aromatic rings. The van der Waals surface area contributed by atoms with E-state index in [0.29, 0.717) is 12.5 Å². The zero-order valence-electron chi connectivity index (χ0n) is 12.3. The summed E-state index contributed by atoms with van der Waals surface area (Å²) in [6.07, 6.45) is 4.89. The Bertz CT molecular complexity index is 436. The van der Waals surface area contributed by atoms with Gasteiger partial charge in [-0.2, -0.15) is 0 Å². The molecule has 2 rings (SSSR count). The maximum atomic E-state index is 11.0. The van der Waals surface area contributed by atoms with Crippen LogP contribution in [0, 0.1) is 0 Å². The van der Waals surface area contributed by atoms with Crippen LogP contribution < -0.4 is 0 Å². The highest BCUT2D eigenvalue weighted by Gasteiger charge is 2.24. The molecule has 0 saturated carbocycles. The first-order chi connectivity index (χ1) is 9.22. The fourth-order valence-electron chi connectivity index (χ4n) is 2.88. The summed E-state index contributed by atoms with van der Waals surface area (Å²) >= 11 is 0. The lowest BCUT2D eigenvalue weighted by molar-refractivity contribution is -0.140. The number of carbonyl (C=O) groups is 1. The van der Waals surface area contributed by atoms with Gasteiger partial charge in [-0.05, 0) is 50.4 Å². The van der Waals surface area contributed by atoms with Gasteiger partial charge in [0.25, 0.3) is 0 Å². The molecule has 112 valence electrons. The number of hydrogen-bond acceptors (Lipinski definition) is 3. The molecule has 0 N–H and O–H groups in total. The summed E-state index contributed by atoms with van der Waals surface area (Å²) in [7, 11) is 3.63. The van der Waals surface area contributed by atoms with Crippen molar-refractivity contribution in [2.45, 2.75) is 38.1 Å². The molecule has 20 heavy (non-hydrogen) atoms. The van der Waals surface area contributed by atoms with Gasteiger partial charge in [-0.15, -0.1) is 12.4 Å². The molecule has 1 aliphatic carbocycles. The minimum atomic E-state index is -0.103. The minimum absolute atomic E-state index is 0. The van der Waals surface area contributed by atoms with Crippen LogP contribution in [0.1, 0.15) is 42.9 Å². The Balaban J connectivity index is 0.00000200. The van der Waals surface area contributed by atoms with E-state index in [4.69, 9.17) is 0 Å². The maximum Gasteiger partial charge on any atom is 0.305 e. The number of methoxy groups -OCH3 is 1. The topological polar surface area (TPSA) is 29.5 Å². The minimum Gasteiger partial charge on any atom is -0.469 e. The van der Waals surface area contributed by atoms with Crippen molar-refractivity contribution in [2.24, 2.45) is 0 Å². The van der Waals surface area contributed by atoms with Crippen molar-refractivity contribution in [1.82, 2.24) is 4.90 Å². The Morgan fingerprint density at radius 2 is 2.10 bits per heavy atom. The van der Waals surface area contributed by atoms with Gasteiger partial charge < -0.3 is 4.74 Å². The second kappa shape index (κ2) is 8.28. The number of nitrogens with zero attached hydrogens (tertiary/aromatic N) is 1. The summed E-state index contributed by atoms with van der Waals surface area (Å²) in [4.78, 5) is 13.5. The summed E-state index contributed by atoms with van der Waals surface area (Å²) in [5, 5.41) is 0. The summed E-state index contributed by atoms with van der Waals surface area (Å²) in [6, 6.07) is 9.28. The Labute approximate surface area is 127 Å². The average Bonchev–Trinajstić information content (AvgIpc) is 2.87.